The SMILES string of the molecule is COC(CC(=O)c1ccccc1)N(C)C. The lowest BCUT2D eigenvalue weighted by molar-refractivity contribution is -0.00560. The maximum absolute atomic E-state index is 11.8. The minimum atomic E-state index is -0.155. The van der Waals surface area contributed by atoms with Crippen LogP contribution in [0.25, 0.3) is 0 Å². The van der Waals surface area contributed by atoms with Crippen molar-refractivity contribution in [3.8, 4) is 0 Å². The normalized spacial score (nSPS) is 12.8. The molecule has 1 aromatic carbocycles. The number of hydrogen-bond acceptors (Lipinski definition) is 3. The summed E-state index contributed by atoms with van der Waals surface area (Å²) in [4.78, 5) is 13.7. The van der Waals surface area contributed by atoms with Gasteiger partial charge >= 0.3 is 0 Å². The van der Waals surface area contributed by atoms with E-state index in [0.29, 0.717) is 6.42 Å². The molecular weight excluding hydrogens is 190 g/mol. The number of methoxy groups -OCH3 is 1. The molecular formula is C12H17NO2. The fraction of sp³-hybridized carbons (Fsp3) is 0.417. The van der Waals surface area contributed by atoms with E-state index in [1.165, 1.54) is 0 Å². The summed E-state index contributed by atoms with van der Waals surface area (Å²) in [6.45, 7) is 0. The molecule has 0 bridgehead atoms. The van der Waals surface area contributed by atoms with E-state index in [2.05, 4.69) is 0 Å². The van der Waals surface area contributed by atoms with E-state index in [1.54, 1.807) is 7.11 Å². The van der Waals surface area contributed by atoms with E-state index in [1.807, 2.05) is 49.3 Å². The maximum atomic E-state index is 11.8. The Balaban J connectivity index is 2.63. The van der Waals surface area contributed by atoms with Crippen LogP contribution in [0.1, 0.15) is 16.8 Å². The molecule has 0 aliphatic rings. The number of Topliss-reactive ketones (excluding diaryl/α,β-unsaturated/α-hetero) is 1. The molecule has 3 nitrogen and oxygen atoms in total. The fourth-order valence-electron chi connectivity index (χ4n) is 1.38. The summed E-state index contributed by atoms with van der Waals surface area (Å²) in [6.07, 6.45) is 0.228. The van der Waals surface area contributed by atoms with Crippen molar-refractivity contribution >= 4 is 5.78 Å². The maximum Gasteiger partial charge on any atom is 0.166 e. The highest BCUT2D eigenvalue weighted by molar-refractivity contribution is 5.96. The van der Waals surface area contributed by atoms with Crippen LogP contribution in [-0.4, -0.2) is 38.1 Å². The third-order valence-electron chi connectivity index (χ3n) is 2.30. The lowest BCUT2D eigenvalue weighted by Crippen LogP contribution is -2.31. The third-order valence-corrected chi connectivity index (χ3v) is 2.30. The van der Waals surface area contributed by atoms with Gasteiger partial charge in [-0.2, -0.15) is 0 Å². The molecule has 0 saturated heterocycles. The molecule has 0 aromatic heterocycles. The van der Waals surface area contributed by atoms with Crippen LogP contribution >= 0.6 is 0 Å². The van der Waals surface area contributed by atoms with Gasteiger partial charge in [-0.25, -0.2) is 0 Å². The highest BCUT2D eigenvalue weighted by Crippen LogP contribution is 2.08. The van der Waals surface area contributed by atoms with Gasteiger partial charge in [0.15, 0.2) is 5.78 Å². The van der Waals surface area contributed by atoms with Crippen molar-refractivity contribution < 1.29 is 9.53 Å². The van der Waals surface area contributed by atoms with E-state index in [-0.39, 0.29) is 12.0 Å². The molecule has 82 valence electrons. The summed E-state index contributed by atoms with van der Waals surface area (Å²) in [7, 11) is 5.40. The van der Waals surface area contributed by atoms with Gasteiger partial charge in [0.1, 0.15) is 6.23 Å². The van der Waals surface area contributed by atoms with Crippen molar-refractivity contribution in [3.63, 3.8) is 0 Å². The number of carbonyl (C=O) groups is 1. The quantitative estimate of drug-likeness (QED) is 0.544. The molecule has 15 heavy (non-hydrogen) atoms. The number of benzene rings is 1. The number of hydrogen-bond donors (Lipinski definition) is 0. The van der Waals surface area contributed by atoms with Gasteiger partial charge in [-0.1, -0.05) is 30.3 Å². The first kappa shape index (κ1) is 11.9. The average Bonchev–Trinajstić information content (AvgIpc) is 2.26. The predicted octanol–water partition coefficient (Wildman–Crippen LogP) is 1.79. The van der Waals surface area contributed by atoms with E-state index >= 15 is 0 Å². The van der Waals surface area contributed by atoms with Crippen LogP contribution in [0, 0.1) is 0 Å². The van der Waals surface area contributed by atoms with Crippen LogP contribution in [0.15, 0.2) is 30.3 Å². The zero-order valence-electron chi connectivity index (χ0n) is 9.43. The summed E-state index contributed by atoms with van der Waals surface area (Å²) < 4.78 is 5.21. The summed E-state index contributed by atoms with van der Waals surface area (Å²) in [5.74, 6) is 0.108. The second-order valence-corrected chi connectivity index (χ2v) is 3.65. The van der Waals surface area contributed by atoms with Crippen LogP contribution in [-0.2, 0) is 4.74 Å². The predicted molar refractivity (Wildman–Crippen MR) is 59.9 cm³/mol. The third kappa shape index (κ3) is 3.46. The molecule has 1 rings (SSSR count). The first-order chi connectivity index (χ1) is 7.15. The van der Waals surface area contributed by atoms with Crippen molar-refractivity contribution in [3.05, 3.63) is 35.9 Å². The molecule has 1 aromatic rings. The molecule has 1 atom stereocenters. The molecule has 0 saturated carbocycles. The Morgan fingerprint density at radius 1 is 1.33 bits per heavy atom. The number of ether oxygens (including phenoxy) is 1. The topological polar surface area (TPSA) is 29.5 Å². The molecule has 0 radical (unpaired) electrons. The van der Waals surface area contributed by atoms with Crippen LogP contribution in [0.3, 0.4) is 0 Å². The first-order valence-electron chi connectivity index (χ1n) is 4.92. The van der Waals surface area contributed by atoms with Gasteiger partial charge in [-0.15, -0.1) is 0 Å². The van der Waals surface area contributed by atoms with Gasteiger partial charge < -0.3 is 4.74 Å². The van der Waals surface area contributed by atoms with Crippen LogP contribution < -0.4 is 0 Å². The largest absolute Gasteiger partial charge is 0.366 e. The summed E-state index contributed by atoms with van der Waals surface area (Å²) in [5, 5.41) is 0. The number of rotatable bonds is 5. The Hall–Kier alpha value is -1.19. The van der Waals surface area contributed by atoms with E-state index in [4.69, 9.17) is 4.74 Å². The van der Waals surface area contributed by atoms with E-state index < -0.39 is 0 Å². The molecule has 0 aliphatic heterocycles. The smallest absolute Gasteiger partial charge is 0.166 e. The Labute approximate surface area is 90.7 Å². The van der Waals surface area contributed by atoms with Gasteiger partial charge in [-0.3, -0.25) is 9.69 Å². The Morgan fingerprint density at radius 3 is 2.40 bits per heavy atom. The monoisotopic (exact) mass is 207 g/mol. The zero-order valence-corrected chi connectivity index (χ0v) is 9.43. The molecule has 1 unspecified atom stereocenters. The lowest BCUT2D eigenvalue weighted by atomic mass is 10.1. The average molecular weight is 207 g/mol. The summed E-state index contributed by atoms with van der Waals surface area (Å²) in [6, 6.07) is 9.28. The van der Waals surface area contributed by atoms with Gasteiger partial charge in [0.2, 0.25) is 0 Å². The molecule has 0 spiro atoms. The van der Waals surface area contributed by atoms with Gasteiger partial charge in [0, 0.05) is 12.7 Å². The first-order valence-corrected chi connectivity index (χ1v) is 4.92. The molecule has 0 aliphatic carbocycles. The Morgan fingerprint density at radius 2 is 1.93 bits per heavy atom. The minimum absolute atomic E-state index is 0.108. The van der Waals surface area contributed by atoms with E-state index in [9.17, 15) is 4.79 Å². The Bertz CT molecular complexity index is 309. The van der Waals surface area contributed by atoms with E-state index in [0.717, 1.165) is 5.56 Å². The number of ketones is 1. The van der Waals surface area contributed by atoms with Gasteiger partial charge in [0.25, 0.3) is 0 Å². The number of nitrogens with zero attached hydrogens (tertiary/aromatic N) is 1. The van der Waals surface area contributed by atoms with Crippen LogP contribution in [0.4, 0.5) is 0 Å². The van der Waals surface area contributed by atoms with Crippen molar-refractivity contribution in [1.82, 2.24) is 4.90 Å². The molecule has 0 amide bonds. The summed E-state index contributed by atoms with van der Waals surface area (Å²) >= 11 is 0. The lowest BCUT2D eigenvalue weighted by Gasteiger charge is -2.21. The fourth-order valence-corrected chi connectivity index (χ4v) is 1.38. The highest BCUT2D eigenvalue weighted by Gasteiger charge is 2.15. The van der Waals surface area contributed by atoms with Gasteiger partial charge in [-0.05, 0) is 14.1 Å². The zero-order chi connectivity index (χ0) is 11.3. The molecule has 0 heterocycles. The second kappa shape index (κ2) is 5.63. The highest BCUT2D eigenvalue weighted by atomic mass is 16.5. The minimum Gasteiger partial charge on any atom is -0.366 e. The van der Waals surface area contributed by atoms with Crippen molar-refractivity contribution in [2.24, 2.45) is 0 Å². The number of carbonyl (C=O) groups excluding carboxylic acids is 1. The van der Waals surface area contributed by atoms with Crippen LogP contribution in [0.2, 0.25) is 0 Å². The van der Waals surface area contributed by atoms with Gasteiger partial charge in [0.05, 0.1) is 6.42 Å². The second-order valence-electron chi connectivity index (χ2n) is 3.65. The summed E-state index contributed by atoms with van der Waals surface area (Å²) in [5.41, 5.74) is 0.737. The molecule has 0 N–H and O–H groups in total. The standard InChI is InChI=1S/C12H17NO2/c1-13(2)12(15-3)9-11(14)10-7-5-4-6-8-10/h4-8,12H,9H2,1-3H3. The Kier molecular flexibility index (Phi) is 4.46. The van der Waals surface area contributed by atoms with Crippen LogP contribution in [0.5, 0.6) is 0 Å². The molecule has 0 fully saturated rings. The van der Waals surface area contributed by atoms with Crippen molar-refractivity contribution in [2.45, 2.75) is 12.6 Å². The molecule has 3 heteroatoms. The van der Waals surface area contributed by atoms with Crippen molar-refractivity contribution in [1.29, 1.82) is 0 Å². The van der Waals surface area contributed by atoms with Crippen molar-refractivity contribution in [2.75, 3.05) is 21.2 Å².